The van der Waals surface area contributed by atoms with Crippen LogP contribution in [0, 0.1) is 0 Å². The van der Waals surface area contributed by atoms with E-state index in [1.807, 2.05) is 18.2 Å². The highest BCUT2D eigenvalue weighted by Crippen LogP contribution is 2.27. The molecule has 6 nitrogen and oxygen atoms in total. The lowest BCUT2D eigenvalue weighted by Crippen LogP contribution is -2.40. The van der Waals surface area contributed by atoms with Crippen LogP contribution < -0.4 is 0 Å². The van der Waals surface area contributed by atoms with Crippen LogP contribution >= 0.6 is 11.3 Å². The fourth-order valence-corrected chi connectivity index (χ4v) is 3.24. The molecule has 21 heavy (non-hydrogen) atoms. The monoisotopic (exact) mass is 303 g/mol. The number of rotatable bonds is 3. The second kappa shape index (κ2) is 5.61. The number of carboxylic acids is 1. The Morgan fingerprint density at radius 2 is 2.19 bits per heavy atom. The van der Waals surface area contributed by atoms with Gasteiger partial charge in [-0.15, -0.1) is 11.3 Å². The largest absolute Gasteiger partial charge is 0.480 e. The third kappa shape index (κ3) is 2.64. The predicted octanol–water partition coefficient (Wildman–Crippen LogP) is 1.89. The van der Waals surface area contributed by atoms with E-state index >= 15 is 0 Å². The molecule has 1 aliphatic heterocycles. The molecule has 1 fully saturated rings. The second-order valence-electron chi connectivity index (χ2n) is 4.74. The summed E-state index contributed by atoms with van der Waals surface area (Å²) in [4.78, 5) is 33.8. The van der Waals surface area contributed by atoms with Crippen LogP contribution in [0.2, 0.25) is 0 Å². The van der Waals surface area contributed by atoms with Crippen molar-refractivity contribution in [3.63, 3.8) is 0 Å². The Morgan fingerprint density at radius 1 is 1.33 bits per heavy atom. The lowest BCUT2D eigenvalue weighted by atomic mass is 10.2. The number of aliphatic carboxylic acids is 1. The van der Waals surface area contributed by atoms with E-state index in [1.165, 1.54) is 22.4 Å². The van der Waals surface area contributed by atoms with Gasteiger partial charge in [-0.3, -0.25) is 9.78 Å². The minimum Gasteiger partial charge on any atom is -0.480 e. The average molecular weight is 303 g/mol. The molecule has 0 aromatic carbocycles. The minimum absolute atomic E-state index is 0.264. The van der Waals surface area contributed by atoms with Crippen molar-refractivity contribution in [3.05, 3.63) is 35.5 Å². The van der Waals surface area contributed by atoms with Crippen LogP contribution in [0.5, 0.6) is 0 Å². The first-order valence-electron chi connectivity index (χ1n) is 6.58. The number of carbonyl (C=O) groups is 2. The molecule has 1 saturated heterocycles. The first kappa shape index (κ1) is 13.7. The van der Waals surface area contributed by atoms with Crippen molar-refractivity contribution in [3.8, 4) is 10.7 Å². The molecule has 7 heteroatoms. The highest BCUT2D eigenvalue weighted by Gasteiger charge is 2.35. The Bertz CT molecular complexity index is 671. The third-order valence-electron chi connectivity index (χ3n) is 3.40. The maximum atomic E-state index is 12.4. The average Bonchev–Trinajstić information content (AvgIpc) is 3.17. The van der Waals surface area contributed by atoms with Gasteiger partial charge in [0.25, 0.3) is 5.91 Å². The van der Waals surface area contributed by atoms with Crippen molar-refractivity contribution >= 4 is 23.2 Å². The molecule has 3 rings (SSSR count). The number of hydrogen-bond donors (Lipinski definition) is 1. The maximum absolute atomic E-state index is 12.4. The summed E-state index contributed by atoms with van der Waals surface area (Å²) in [7, 11) is 0. The maximum Gasteiger partial charge on any atom is 0.326 e. The number of amides is 1. The van der Waals surface area contributed by atoms with E-state index < -0.39 is 12.0 Å². The van der Waals surface area contributed by atoms with Gasteiger partial charge in [-0.1, -0.05) is 6.07 Å². The number of hydrogen-bond acceptors (Lipinski definition) is 5. The number of nitrogens with zero attached hydrogens (tertiary/aromatic N) is 3. The van der Waals surface area contributed by atoms with Crippen molar-refractivity contribution in [1.29, 1.82) is 0 Å². The minimum atomic E-state index is -0.949. The molecule has 1 aliphatic rings. The highest BCUT2D eigenvalue weighted by molar-refractivity contribution is 7.16. The third-order valence-corrected chi connectivity index (χ3v) is 4.41. The molecule has 3 heterocycles. The van der Waals surface area contributed by atoms with E-state index in [0.717, 1.165) is 0 Å². The number of pyridine rings is 1. The molecule has 0 spiro atoms. The molecule has 0 aliphatic carbocycles. The van der Waals surface area contributed by atoms with Gasteiger partial charge in [0.05, 0.1) is 11.9 Å². The number of likely N-dealkylation sites (tertiary alicyclic amines) is 1. The van der Waals surface area contributed by atoms with Crippen molar-refractivity contribution in [1.82, 2.24) is 14.9 Å². The number of carboxylic acid groups (broad SMARTS) is 1. The standard InChI is InChI=1S/C14H13N3O3S/c18-13(17-7-3-5-10(17)14(19)20)11-8-16-12(21-11)9-4-1-2-6-15-9/h1-2,4,6,8,10H,3,5,7H2,(H,19,20)/t10-/m0/s1. The zero-order valence-electron chi connectivity index (χ0n) is 11.1. The van der Waals surface area contributed by atoms with Crippen LogP contribution in [0.3, 0.4) is 0 Å². The van der Waals surface area contributed by atoms with Gasteiger partial charge in [-0.2, -0.15) is 0 Å². The molecular formula is C14H13N3O3S. The summed E-state index contributed by atoms with van der Waals surface area (Å²) in [5.74, 6) is -1.21. The van der Waals surface area contributed by atoms with Crippen LogP contribution in [0.15, 0.2) is 30.6 Å². The summed E-state index contributed by atoms with van der Waals surface area (Å²) in [6, 6.07) is 4.76. The van der Waals surface area contributed by atoms with Crippen molar-refractivity contribution in [2.75, 3.05) is 6.54 Å². The summed E-state index contributed by atoms with van der Waals surface area (Å²) >= 11 is 1.24. The van der Waals surface area contributed by atoms with Gasteiger partial charge in [-0.05, 0) is 25.0 Å². The van der Waals surface area contributed by atoms with E-state index in [1.54, 1.807) is 6.20 Å². The molecule has 2 aromatic rings. The fourth-order valence-electron chi connectivity index (χ4n) is 2.39. The highest BCUT2D eigenvalue weighted by atomic mass is 32.1. The van der Waals surface area contributed by atoms with Crippen LogP contribution in [0.25, 0.3) is 10.7 Å². The van der Waals surface area contributed by atoms with Gasteiger partial charge in [-0.25, -0.2) is 9.78 Å². The van der Waals surface area contributed by atoms with Crippen molar-refractivity contribution < 1.29 is 14.7 Å². The molecule has 1 N–H and O–H groups in total. The van der Waals surface area contributed by atoms with Gasteiger partial charge >= 0.3 is 5.97 Å². The van der Waals surface area contributed by atoms with Crippen LogP contribution in [0.1, 0.15) is 22.5 Å². The Labute approximate surface area is 125 Å². The molecule has 0 unspecified atom stereocenters. The van der Waals surface area contributed by atoms with Gasteiger partial charge < -0.3 is 10.0 Å². The van der Waals surface area contributed by atoms with E-state index in [9.17, 15) is 9.59 Å². The van der Waals surface area contributed by atoms with Crippen molar-refractivity contribution in [2.24, 2.45) is 0 Å². The molecule has 1 atom stereocenters. The molecule has 108 valence electrons. The summed E-state index contributed by atoms with van der Waals surface area (Å²) in [5.41, 5.74) is 0.706. The Hall–Kier alpha value is -2.28. The van der Waals surface area contributed by atoms with Gasteiger partial charge in [0.15, 0.2) is 0 Å². The molecule has 0 saturated carbocycles. The topological polar surface area (TPSA) is 83.4 Å². The zero-order valence-corrected chi connectivity index (χ0v) is 11.9. The van der Waals surface area contributed by atoms with Gasteiger partial charge in [0.1, 0.15) is 15.9 Å². The summed E-state index contributed by atoms with van der Waals surface area (Å²) < 4.78 is 0. The predicted molar refractivity (Wildman–Crippen MR) is 77.0 cm³/mol. The normalized spacial score (nSPS) is 17.9. The van der Waals surface area contributed by atoms with Crippen LogP contribution in [0.4, 0.5) is 0 Å². The first-order valence-corrected chi connectivity index (χ1v) is 7.39. The van der Waals surface area contributed by atoms with Crippen LogP contribution in [-0.2, 0) is 4.79 Å². The Morgan fingerprint density at radius 3 is 2.90 bits per heavy atom. The Kier molecular flexibility index (Phi) is 3.66. The lowest BCUT2D eigenvalue weighted by molar-refractivity contribution is -0.141. The van der Waals surface area contributed by atoms with E-state index in [-0.39, 0.29) is 5.91 Å². The van der Waals surface area contributed by atoms with E-state index in [0.29, 0.717) is 35.0 Å². The summed E-state index contributed by atoms with van der Waals surface area (Å²) in [6.07, 6.45) is 4.38. The number of aromatic nitrogens is 2. The zero-order chi connectivity index (χ0) is 14.8. The number of thiazole rings is 1. The smallest absolute Gasteiger partial charge is 0.326 e. The Balaban J connectivity index is 1.83. The lowest BCUT2D eigenvalue weighted by Gasteiger charge is -2.20. The summed E-state index contributed by atoms with van der Waals surface area (Å²) in [6.45, 7) is 0.479. The molecule has 0 radical (unpaired) electrons. The number of carbonyl (C=O) groups excluding carboxylic acids is 1. The molecule has 2 aromatic heterocycles. The fraction of sp³-hybridized carbons (Fsp3) is 0.286. The quantitative estimate of drug-likeness (QED) is 0.936. The molecule has 1 amide bonds. The molecular weight excluding hydrogens is 290 g/mol. The first-order chi connectivity index (χ1) is 10.2. The van der Waals surface area contributed by atoms with E-state index in [4.69, 9.17) is 5.11 Å². The SMILES string of the molecule is O=C(O)[C@@H]1CCCN1C(=O)c1cnc(-c2ccccn2)s1. The second-order valence-corrected chi connectivity index (χ2v) is 5.77. The summed E-state index contributed by atoms with van der Waals surface area (Å²) in [5, 5.41) is 9.80. The van der Waals surface area contributed by atoms with Gasteiger partial charge in [0, 0.05) is 12.7 Å². The van der Waals surface area contributed by atoms with Crippen LogP contribution in [-0.4, -0.2) is 44.4 Å². The van der Waals surface area contributed by atoms with E-state index in [2.05, 4.69) is 9.97 Å². The van der Waals surface area contributed by atoms with Crippen molar-refractivity contribution in [2.45, 2.75) is 18.9 Å². The molecule has 0 bridgehead atoms. The van der Waals surface area contributed by atoms with Gasteiger partial charge in [0.2, 0.25) is 0 Å².